The molecule has 54 heavy (non-hydrogen) atoms. The maximum Gasteiger partial charge on any atom is 0.523 e. The third-order valence-electron chi connectivity index (χ3n) is 7.87. The van der Waals surface area contributed by atoms with Gasteiger partial charge in [-0.05, 0) is 72.6 Å². The normalized spacial score (nSPS) is 15.7. The number of benzene rings is 1. The van der Waals surface area contributed by atoms with Crippen LogP contribution in [0.4, 0.5) is 32.2 Å². The number of ether oxygens (including phenoxy) is 3. The molecule has 1 atom stereocenters. The van der Waals surface area contributed by atoms with Gasteiger partial charge < -0.3 is 19.9 Å². The van der Waals surface area contributed by atoms with Crippen LogP contribution in [0.25, 0.3) is 28.0 Å². The van der Waals surface area contributed by atoms with Crippen LogP contribution in [-0.4, -0.2) is 80.8 Å². The summed E-state index contributed by atoms with van der Waals surface area (Å²) in [7, 11) is -6.94. The van der Waals surface area contributed by atoms with Crippen molar-refractivity contribution in [3.63, 3.8) is 0 Å². The molecule has 1 aliphatic heterocycles. The molecule has 4 heterocycles. The monoisotopic (exact) mass is 790 g/mol. The van der Waals surface area contributed by atoms with E-state index >= 15 is 0 Å². The van der Waals surface area contributed by atoms with Gasteiger partial charge in [0.1, 0.15) is 23.0 Å². The van der Waals surface area contributed by atoms with Gasteiger partial charge in [-0.15, -0.1) is 0 Å². The Kier molecular flexibility index (Phi) is 10.6. The van der Waals surface area contributed by atoms with Gasteiger partial charge in [-0.1, -0.05) is 6.07 Å². The fourth-order valence-corrected chi connectivity index (χ4v) is 6.38. The summed E-state index contributed by atoms with van der Waals surface area (Å²) < 4.78 is 132. The maximum absolute atomic E-state index is 14.8. The summed E-state index contributed by atoms with van der Waals surface area (Å²) in [5.74, 6) is -2.94. The van der Waals surface area contributed by atoms with Crippen molar-refractivity contribution < 1.29 is 62.7 Å². The Morgan fingerprint density at radius 1 is 0.907 bits per heavy atom. The highest BCUT2D eigenvalue weighted by atomic mass is 32.2. The van der Waals surface area contributed by atoms with Gasteiger partial charge in [0.05, 0.1) is 28.6 Å². The summed E-state index contributed by atoms with van der Waals surface area (Å²) in [6, 6.07) is 3.95. The molecule has 14 nitrogen and oxygen atoms in total. The van der Waals surface area contributed by atoms with Crippen molar-refractivity contribution in [3.8, 4) is 22.5 Å². The first-order valence-electron chi connectivity index (χ1n) is 16.2. The molecule has 0 aliphatic carbocycles. The van der Waals surface area contributed by atoms with E-state index in [0.29, 0.717) is 37.8 Å². The maximum atomic E-state index is 14.8. The van der Waals surface area contributed by atoms with E-state index in [1.807, 2.05) is 0 Å². The van der Waals surface area contributed by atoms with Gasteiger partial charge in [-0.25, -0.2) is 23.3 Å². The molecule has 4 aromatic rings. The van der Waals surface area contributed by atoms with Crippen molar-refractivity contribution in [1.29, 1.82) is 0 Å². The number of rotatable bonds is 8. The molecule has 5 rings (SSSR count). The molecule has 21 heteroatoms. The van der Waals surface area contributed by atoms with Crippen molar-refractivity contribution >= 4 is 33.4 Å². The first kappa shape index (κ1) is 40.4. The molecule has 0 spiro atoms. The lowest BCUT2D eigenvalue weighted by atomic mass is 9.90. The summed E-state index contributed by atoms with van der Waals surface area (Å²) in [5.41, 5.74) is -6.11. The number of nitrogens with two attached hydrogens (primary N) is 1. The molecule has 1 saturated heterocycles. The van der Waals surface area contributed by atoms with Gasteiger partial charge in [0.2, 0.25) is 0 Å². The summed E-state index contributed by atoms with van der Waals surface area (Å²) in [6.07, 6.45) is -6.24. The Labute approximate surface area is 304 Å². The van der Waals surface area contributed by atoms with Crippen LogP contribution in [0.2, 0.25) is 0 Å². The lowest BCUT2D eigenvalue weighted by Gasteiger charge is -2.27. The smallest absolute Gasteiger partial charge is 0.456 e. The molecule has 0 saturated carbocycles. The van der Waals surface area contributed by atoms with Gasteiger partial charge in [-0.2, -0.15) is 45.0 Å². The molecule has 1 aliphatic rings. The first-order valence-corrected chi connectivity index (χ1v) is 17.7. The van der Waals surface area contributed by atoms with E-state index in [1.54, 1.807) is 10.7 Å². The number of halogens is 6. The molecule has 1 unspecified atom stereocenters. The lowest BCUT2D eigenvalue weighted by molar-refractivity contribution is -0.200. The second-order valence-corrected chi connectivity index (χ2v) is 15.8. The Balaban J connectivity index is 1.94. The average molecular weight is 791 g/mol. The zero-order chi connectivity index (χ0) is 40.2. The molecule has 1 fully saturated rings. The van der Waals surface area contributed by atoms with Crippen LogP contribution < -0.4 is 5.73 Å². The Morgan fingerprint density at radius 2 is 1.52 bits per heavy atom. The minimum absolute atomic E-state index is 0.0419. The van der Waals surface area contributed by atoms with Crippen LogP contribution >= 0.6 is 0 Å². The zero-order valence-corrected chi connectivity index (χ0v) is 30.5. The van der Waals surface area contributed by atoms with Crippen LogP contribution in [0, 0.1) is 0 Å². The first-order chi connectivity index (χ1) is 24.8. The third kappa shape index (κ3) is 8.31. The number of anilines is 1. The molecular formula is C33H36F6N6O8S. The van der Waals surface area contributed by atoms with Gasteiger partial charge in [-0.3, -0.25) is 4.68 Å². The number of esters is 2. The zero-order valence-electron chi connectivity index (χ0n) is 29.7. The van der Waals surface area contributed by atoms with E-state index in [0.717, 1.165) is 16.9 Å². The highest BCUT2D eigenvalue weighted by Gasteiger charge is 2.55. The Bertz CT molecular complexity index is 2180. The number of alkyl halides is 6. The Morgan fingerprint density at radius 3 is 2.09 bits per heavy atom. The highest BCUT2D eigenvalue weighted by Crippen LogP contribution is 2.46. The van der Waals surface area contributed by atoms with E-state index in [-0.39, 0.29) is 28.6 Å². The molecule has 2 N–H and O–H groups in total. The SMILES string of the molecule is CC(C)(C)OC(=O)c1ccc(C(OS(=O)(=O)C(F)(F)F)C(F)(F)F)c(C(=O)OC(C)(C)C)c1-c1cc(-c2ccnn2C2CCOCC2)c2c(N)ncnn12. The second kappa shape index (κ2) is 14.1. The van der Waals surface area contributed by atoms with Crippen molar-refractivity contribution in [2.75, 3.05) is 18.9 Å². The van der Waals surface area contributed by atoms with E-state index in [2.05, 4.69) is 19.4 Å². The fourth-order valence-electron chi connectivity index (χ4n) is 5.81. The number of aromatic nitrogens is 5. The summed E-state index contributed by atoms with van der Waals surface area (Å²) in [6.45, 7) is 9.36. The van der Waals surface area contributed by atoms with Crippen LogP contribution in [0.1, 0.15) is 92.8 Å². The number of nitrogen functional groups attached to an aromatic ring is 1. The highest BCUT2D eigenvalue weighted by molar-refractivity contribution is 7.87. The van der Waals surface area contributed by atoms with Gasteiger partial charge in [0, 0.05) is 36.1 Å². The molecule has 3 aromatic heterocycles. The standard InChI is InChI=1S/C33H36F6N6O8S/c1-30(2,3)51-28(46)19-8-7-18(26(32(34,35)36)53-54(48,49)33(37,38)39)24(29(47)52-31(4,5)6)23(19)22-15-20(25-27(40)41-16-43-45(22)25)21-9-12-42-44(21)17-10-13-50-14-11-17/h7-9,12,15-17,26H,10-11,13-14H2,1-6H3,(H2,40,41,43). The Hall–Kier alpha value is -4.76. The van der Waals surface area contributed by atoms with Crippen LogP contribution in [-0.2, 0) is 28.5 Å². The molecule has 0 bridgehead atoms. The van der Waals surface area contributed by atoms with Crippen molar-refractivity contribution in [2.24, 2.45) is 0 Å². The second-order valence-electron chi connectivity index (χ2n) is 14.2. The van der Waals surface area contributed by atoms with E-state index < -0.39 is 73.3 Å². The number of carbonyl (C=O) groups excluding carboxylic acids is 2. The fraction of sp³-hybridized carbons (Fsp3) is 0.485. The van der Waals surface area contributed by atoms with E-state index in [1.165, 1.54) is 53.8 Å². The minimum atomic E-state index is -6.94. The van der Waals surface area contributed by atoms with E-state index in [9.17, 15) is 44.3 Å². The van der Waals surface area contributed by atoms with Crippen molar-refractivity contribution in [1.82, 2.24) is 24.4 Å². The molecular weight excluding hydrogens is 754 g/mol. The van der Waals surface area contributed by atoms with E-state index in [4.69, 9.17) is 19.9 Å². The quantitative estimate of drug-likeness (QED) is 0.0879. The number of nitrogens with zero attached hydrogens (tertiary/aromatic N) is 5. The van der Waals surface area contributed by atoms with Gasteiger partial charge >= 0.3 is 33.7 Å². The minimum Gasteiger partial charge on any atom is -0.456 e. The topological polar surface area (TPSA) is 179 Å². The van der Waals surface area contributed by atoms with Crippen LogP contribution in [0.3, 0.4) is 0 Å². The molecule has 0 amide bonds. The summed E-state index contributed by atoms with van der Waals surface area (Å²) in [5, 5.41) is 8.69. The van der Waals surface area contributed by atoms with Gasteiger partial charge in [0.15, 0.2) is 11.9 Å². The number of hydrogen-bond acceptors (Lipinski definition) is 12. The number of carbonyl (C=O) groups is 2. The van der Waals surface area contributed by atoms with Crippen LogP contribution in [0.5, 0.6) is 0 Å². The largest absolute Gasteiger partial charge is 0.523 e. The molecule has 0 radical (unpaired) electrons. The average Bonchev–Trinajstić information content (AvgIpc) is 3.66. The van der Waals surface area contributed by atoms with Crippen LogP contribution in [0.15, 0.2) is 36.8 Å². The number of hydrogen-bond donors (Lipinski definition) is 1. The molecule has 1 aromatic carbocycles. The summed E-state index contributed by atoms with van der Waals surface area (Å²) in [4.78, 5) is 32.1. The van der Waals surface area contributed by atoms with Crippen molar-refractivity contribution in [3.05, 3.63) is 53.5 Å². The van der Waals surface area contributed by atoms with Crippen molar-refractivity contribution in [2.45, 2.75) is 89.4 Å². The predicted molar refractivity (Wildman–Crippen MR) is 178 cm³/mol. The third-order valence-corrected chi connectivity index (χ3v) is 8.88. The number of fused-ring (bicyclic) bond motifs is 1. The lowest BCUT2D eigenvalue weighted by Crippen LogP contribution is -2.34. The predicted octanol–water partition coefficient (Wildman–Crippen LogP) is 6.57. The van der Waals surface area contributed by atoms with Gasteiger partial charge in [0.25, 0.3) is 0 Å². The summed E-state index contributed by atoms with van der Waals surface area (Å²) >= 11 is 0. The molecule has 294 valence electrons.